The van der Waals surface area contributed by atoms with Gasteiger partial charge in [-0.25, -0.2) is 18.7 Å². The number of nitrogens with zero attached hydrogens (tertiary/aromatic N) is 7. The van der Waals surface area contributed by atoms with Crippen LogP contribution in [0.4, 0.5) is 14.7 Å². The van der Waals surface area contributed by atoms with Crippen LogP contribution in [-0.2, 0) is 30.3 Å². The molecule has 0 radical (unpaired) electrons. The predicted octanol–water partition coefficient (Wildman–Crippen LogP) is -1.69. The zero-order chi connectivity index (χ0) is 31.1. The van der Waals surface area contributed by atoms with Crippen molar-refractivity contribution < 1.29 is 42.4 Å². The molecule has 4 aromatic heterocycles. The summed E-state index contributed by atoms with van der Waals surface area (Å²) in [5.41, 5.74) is 3.72. The third kappa shape index (κ3) is 6.05. The summed E-state index contributed by atoms with van der Waals surface area (Å²) in [6.45, 7) is -5.79. The highest BCUT2D eigenvalue weighted by Crippen LogP contribution is 2.49. The third-order valence-electron chi connectivity index (χ3n) is 6.47. The Morgan fingerprint density at radius 3 is 2.77 bits per heavy atom. The molecule has 0 amide bonds. The number of aromatic amines is 2. The molecule has 5 heterocycles. The molecular weight excluding hydrogens is 625 g/mol. The Morgan fingerprint density at radius 2 is 2.05 bits per heavy atom. The van der Waals surface area contributed by atoms with Crippen LogP contribution < -0.4 is 16.9 Å². The molecule has 1 saturated heterocycles. The second kappa shape index (κ2) is 12.3. The van der Waals surface area contributed by atoms with Gasteiger partial charge >= 0.3 is 6.72 Å². The number of H-pyrrole nitrogens is 2. The Balaban J connectivity index is 1.34. The van der Waals surface area contributed by atoms with E-state index in [0.717, 1.165) is 29.0 Å². The number of hydrogen-bond donors (Lipinski definition) is 6. The van der Waals surface area contributed by atoms with Gasteiger partial charge < -0.3 is 39.8 Å². The number of rotatable bonds is 12. The number of alkyl halides is 2. The van der Waals surface area contributed by atoms with Gasteiger partial charge in [0.15, 0.2) is 41.0 Å². The molecule has 1 unspecified atom stereocenters. The van der Waals surface area contributed by atoms with Gasteiger partial charge in [0.25, 0.3) is 11.1 Å². The molecule has 8 atom stereocenters. The summed E-state index contributed by atoms with van der Waals surface area (Å²) in [6, 6.07) is 0. The zero-order valence-corrected chi connectivity index (χ0v) is 23.6. The highest BCUT2D eigenvalue weighted by molar-refractivity contribution is 8.07. The third-order valence-corrected chi connectivity index (χ3v) is 8.03. The van der Waals surface area contributed by atoms with Crippen LogP contribution in [0.2, 0.25) is 0 Å². The minimum absolute atomic E-state index is 0.00836. The number of imidazole rings is 1. The number of halogens is 2. The molecule has 0 aliphatic carbocycles. The minimum atomic E-state index is -4.43. The van der Waals surface area contributed by atoms with Gasteiger partial charge in [-0.2, -0.15) is 9.67 Å². The quantitative estimate of drug-likeness (QED) is 0.0934. The van der Waals surface area contributed by atoms with Gasteiger partial charge in [-0.1, -0.05) is 5.21 Å². The summed E-state index contributed by atoms with van der Waals surface area (Å²) < 4.78 is 54.1. The number of nitrogen functional groups attached to an aromatic ring is 1. The van der Waals surface area contributed by atoms with Crippen LogP contribution in [0.3, 0.4) is 0 Å². The van der Waals surface area contributed by atoms with Crippen LogP contribution in [0.25, 0.3) is 22.3 Å². The highest BCUT2D eigenvalue weighted by atomic mass is 32.5. The van der Waals surface area contributed by atoms with E-state index in [-0.39, 0.29) is 28.3 Å². The van der Waals surface area contributed by atoms with E-state index < -0.39 is 80.6 Å². The Kier molecular flexibility index (Phi) is 8.92. The van der Waals surface area contributed by atoms with Gasteiger partial charge in [-0.05, 0) is 11.8 Å². The summed E-state index contributed by atoms with van der Waals surface area (Å²) in [4.78, 5) is 51.3. The number of aliphatic hydroxyl groups excluding tert-OH is 2. The largest absolute Gasteiger partial charge is 0.396 e. The maximum Gasteiger partial charge on any atom is 0.325 e. The van der Waals surface area contributed by atoms with E-state index in [9.17, 15) is 24.7 Å². The summed E-state index contributed by atoms with van der Waals surface area (Å²) in [7, 11) is 1.13. The fourth-order valence-corrected chi connectivity index (χ4v) is 5.87. The molecule has 0 saturated carbocycles. The molecule has 19 nitrogen and oxygen atoms in total. The number of hydrogen-bond acceptors (Lipinski definition) is 15. The number of fused-ring (bicyclic) bond motifs is 2. The molecule has 1 fully saturated rings. The first kappa shape index (κ1) is 31.1. The first-order valence-corrected chi connectivity index (χ1v) is 15.0. The molecule has 234 valence electrons. The van der Waals surface area contributed by atoms with Gasteiger partial charge in [-0.15, -0.1) is 5.10 Å². The van der Waals surface area contributed by atoms with Crippen molar-refractivity contribution in [1.29, 1.82) is 0 Å². The maximum absolute atomic E-state index is 15.3. The van der Waals surface area contributed by atoms with Gasteiger partial charge in [0, 0.05) is 20.1 Å². The Morgan fingerprint density at radius 1 is 1.28 bits per heavy atom. The molecule has 43 heavy (non-hydrogen) atoms. The molecule has 0 spiro atoms. The van der Waals surface area contributed by atoms with Crippen molar-refractivity contribution in [3.05, 3.63) is 33.4 Å². The van der Waals surface area contributed by atoms with Crippen LogP contribution in [0.15, 0.2) is 22.2 Å². The van der Waals surface area contributed by atoms with Crippen LogP contribution in [0.1, 0.15) is 18.9 Å². The van der Waals surface area contributed by atoms with Gasteiger partial charge in [0.05, 0.1) is 19.3 Å². The molecule has 1 aliphatic heterocycles. The minimum Gasteiger partial charge on any atom is -0.396 e. The smallest absolute Gasteiger partial charge is 0.325 e. The van der Waals surface area contributed by atoms with E-state index in [1.807, 2.05) is 0 Å². The second-order valence-corrected chi connectivity index (χ2v) is 12.0. The van der Waals surface area contributed by atoms with Crippen molar-refractivity contribution in [3.63, 3.8) is 0 Å². The topological polar surface area (TPSA) is 264 Å². The van der Waals surface area contributed by atoms with E-state index in [1.165, 1.54) is 0 Å². The van der Waals surface area contributed by atoms with Crippen LogP contribution in [-0.4, -0.2) is 111 Å². The summed E-state index contributed by atoms with van der Waals surface area (Å²) in [5, 5.41) is 27.3. The standard InChI is InChI=1S/C20H25F2N10O9PS/c1-38-19(32-15-11(29-30-32)17(36)28-20(23)27-15)13(7(21)2-3-33)41-42(37,43)39-4-8-12(34)9(22)18(40-8)31-6-26-10-14(31)24-5-25-16(10)35/h5-9,12-13,18-19,33-34H,2-4H2,1H3,(H,37,43)(H,24,25,35)(H3,23,27,28,36)/t7-,8+,9-,12+,13+,18+,19+,42?/m0/s1. The highest BCUT2D eigenvalue weighted by Gasteiger charge is 2.47. The monoisotopic (exact) mass is 650 g/mol. The number of nitrogens with two attached hydrogens (primary N) is 1. The van der Waals surface area contributed by atoms with Gasteiger partial charge in [0.2, 0.25) is 5.95 Å². The van der Waals surface area contributed by atoms with Crippen LogP contribution in [0, 0.1) is 0 Å². The molecule has 4 aromatic rings. The number of aliphatic hydroxyl groups is 2. The van der Waals surface area contributed by atoms with Gasteiger partial charge in [0.1, 0.15) is 24.5 Å². The van der Waals surface area contributed by atoms with Crippen molar-refractivity contribution in [3.8, 4) is 0 Å². The predicted molar refractivity (Wildman–Crippen MR) is 143 cm³/mol. The summed E-state index contributed by atoms with van der Waals surface area (Å²) in [6.07, 6.45) is -10.5. The summed E-state index contributed by atoms with van der Waals surface area (Å²) >= 11 is 5.05. The molecule has 23 heteroatoms. The van der Waals surface area contributed by atoms with Crippen molar-refractivity contribution in [2.24, 2.45) is 0 Å². The van der Waals surface area contributed by atoms with Crippen molar-refractivity contribution in [1.82, 2.24) is 44.5 Å². The first-order valence-electron chi connectivity index (χ1n) is 12.4. The van der Waals surface area contributed by atoms with E-state index in [1.54, 1.807) is 0 Å². The number of anilines is 1. The fraction of sp³-hybridized carbons (Fsp3) is 0.550. The SMILES string of the molecule is CO[C@H]([C@H](OP(O)(=S)OC[C@H]1O[C@@H](n2cnc3c(=O)[nH]cnc32)[C@@H](F)[C@@H]1O)[C@@H](F)CCO)n1nnc2c(=O)[nH]c(N)nc21. The molecular formula is C20H25F2N10O9PS. The normalized spacial score (nSPS) is 24.3. The Labute approximate surface area is 242 Å². The molecule has 1 aliphatic rings. The Hall–Kier alpha value is -3.34. The van der Waals surface area contributed by atoms with Crippen molar-refractivity contribution in [2.75, 3.05) is 26.1 Å². The average molecular weight is 651 g/mol. The number of nitrogens with one attached hydrogen (secondary N) is 2. The lowest BCUT2D eigenvalue weighted by atomic mass is 10.1. The molecule has 0 aromatic carbocycles. The van der Waals surface area contributed by atoms with Crippen LogP contribution in [0.5, 0.6) is 0 Å². The second-order valence-electron chi connectivity index (χ2n) is 9.20. The van der Waals surface area contributed by atoms with E-state index in [0.29, 0.717) is 0 Å². The van der Waals surface area contributed by atoms with Crippen molar-refractivity contribution >= 4 is 46.8 Å². The molecule has 7 N–H and O–H groups in total. The lowest BCUT2D eigenvalue weighted by Gasteiger charge is -2.31. The van der Waals surface area contributed by atoms with E-state index >= 15 is 8.78 Å². The van der Waals surface area contributed by atoms with E-state index in [2.05, 4.69) is 35.2 Å². The number of ether oxygens (including phenoxy) is 2. The molecule has 5 rings (SSSR count). The maximum atomic E-state index is 15.3. The average Bonchev–Trinajstić information content (AvgIpc) is 3.65. The first-order chi connectivity index (χ1) is 20.5. The van der Waals surface area contributed by atoms with Crippen molar-refractivity contribution in [2.45, 2.75) is 49.5 Å². The molecule has 0 bridgehead atoms. The Bertz CT molecular complexity index is 1770. The van der Waals surface area contributed by atoms with Crippen LogP contribution >= 0.6 is 6.72 Å². The lowest BCUT2D eigenvalue weighted by Crippen LogP contribution is -2.37. The zero-order valence-electron chi connectivity index (χ0n) is 21.9. The van der Waals surface area contributed by atoms with Gasteiger partial charge in [-0.3, -0.25) is 23.7 Å². The fourth-order valence-electron chi connectivity index (χ4n) is 4.45. The summed E-state index contributed by atoms with van der Waals surface area (Å²) in [5.74, 6) is -0.304. The number of aromatic nitrogens is 9. The lowest BCUT2D eigenvalue weighted by molar-refractivity contribution is -0.0937. The number of methoxy groups -OCH3 is 1. The van der Waals surface area contributed by atoms with E-state index in [4.69, 9.17) is 36.1 Å².